The Balaban J connectivity index is 1.28. The largest absolute Gasteiger partial charge is 0.372 e. The Bertz CT molecular complexity index is 844. The molecule has 2 saturated heterocycles. The van der Waals surface area contributed by atoms with Gasteiger partial charge in [-0.3, -0.25) is 4.99 Å². The predicted molar refractivity (Wildman–Crippen MR) is 126 cm³/mol. The van der Waals surface area contributed by atoms with Gasteiger partial charge in [-0.2, -0.15) is 0 Å². The van der Waals surface area contributed by atoms with Crippen molar-refractivity contribution in [1.82, 2.24) is 15.2 Å². The van der Waals surface area contributed by atoms with Crippen LogP contribution in [0.1, 0.15) is 31.4 Å². The summed E-state index contributed by atoms with van der Waals surface area (Å²) < 4.78 is 5.83. The number of hydrogen-bond donors (Lipinski definition) is 1. The molecular weight excluding hydrogens is 386 g/mol. The Morgan fingerprint density at radius 1 is 1.06 bits per heavy atom. The van der Waals surface area contributed by atoms with E-state index >= 15 is 0 Å². The first-order chi connectivity index (χ1) is 15.1. The number of likely N-dealkylation sites (tertiary alicyclic amines) is 1. The topological polar surface area (TPSA) is 53.0 Å². The molecule has 0 spiro atoms. The van der Waals surface area contributed by atoms with E-state index in [0.717, 1.165) is 50.9 Å². The molecule has 0 saturated carbocycles. The summed E-state index contributed by atoms with van der Waals surface area (Å²) in [6, 6.07) is 15.1. The first-order valence-corrected chi connectivity index (χ1v) is 11.5. The molecule has 31 heavy (non-hydrogen) atoms. The van der Waals surface area contributed by atoms with Crippen LogP contribution in [0.2, 0.25) is 0 Å². The number of pyridine rings is 1. The quantitative estimate of drug-likeness (QED) is 0.593. The van der Waals surface area contributed by atoms with Crippen LogP contribution >= 0.6 is 0 Å². The van der Waals surface area contributed by atoms with Crippen LogP contribution in [0.5, 0.6) is 0 Å². The molecule has 3 heterocycles. The molecule has 0 amide bonds. The van der Waals surface area contributed by atoms with Crippen molar-refractivity contribution >= 4 is 11.8 Å². The van der Waals surface area contributed by atoms with E-state index in [1.807, 2.05) is 13.2 Å². The highest BCUT2D eigenvalue weighted by Crippen LogP contribution is 2.21. The van der Waals surface area contributed by atoms with E-state index in [-0.39, 0.29) is 12.2 Å². The highest BCUT2D eigenvalue weighted by Gasteiger charge is 2.25. The van der Waals surface area contributed by atoms with Crippen molar-refractivity contribution in [3.05, 3.63) is 59.8 Å². The van der Waals surface area contributed by atoms with Gasteiger partial charge in [0.05, 0.1) is 12.2 Å². The normalized spacial score (nSPS) is 24.5. The molecule has 0 radical (unpaired) electrons. The lowest BCUT2D eigenvalue weighted by Crippen LogP contribution is -2.45. The van der Waals surface area contributed by atoms with E-state index < -0.39 is 0 Å². The minimum absolute atomic E-state index is 0.237. The molecule has 1 N–H and O–H groups in total. The Morgan fingerprint density at radius 2 is 1.84 bits per heavy atom. The Hall–Kier alpha value is -2.60. The molecule has 6 nitrogen and oxygen atoms in total. The van der Waals surface area contributed by atoms with Crippen LogP contribution in [-0.2, 0) is 17.7 Å². The zero-order chi connectivity index (χ0) is 21.6. The van der Waals surface area contributed by atoms with Gasteiger partial charge in [-0.25, -0.2) is 4.98 Å². The summed E-state index contributed by atoms with van der Waals surface area (Å²) in [6.45, 7) is 8.86. The summed E-state index contributed by atoms with van der Waals surface area (Å²) in [7, 11) is 1.87. The SMILES string of the molecule is CN=C(NCc1ccc(N2CC(C)OC(C)C2)nc1)N1CCC(Cc2ccccc2)C1. The number of rotatable bonds is 5. The number of aromatic nitrogens is 1. The van der Waals surface area contributed by atoms with Crippen LogP contribution in [0.4, 0.5) is 5.82 Å². The zero-order valence-electron chi connectivity index (χ0n) is 19.0. The van der Waals surface area contributed by atoms with Crippen molar-refractivity contribution in [3.63, 3.8) is 0 Å². The number of benzene rings is 1. The maximum Gasteiger partial charge on any atom is 0.193 e. The minimum atomic E-state index is 0.237. The molecular formula is C25H35N5O. The fourth-order valence-electron chi connectivity index (χ4n) is 4.73. The van der Waals surface area contributed by atoms with Gasteiger partial charge in [-0.05, 0) is 49.8 Å². The molecule has 6 heteroatoms. The summed E-state index contributed by atoms with van der Waals surface area (Å²) >= 11 is 0. The van der Waals surface area contributed by atoms with Crippen molar-refractivity contribution < 1.29 is 4.74 Å². The standard InChI is InChI=1S/C25H35N5O/c1-19-16-30(17-20(2)31-19)24-10-9-23(14-27-24)15-28-25(26-3)29-12-11-22(18-29)13-21-7-5-4-6-8-21/h4-10,14,19-20,22H,11-13,15-18H2,1-3H3,(H,26,28). The van der Waals surface area contributed by atoms with Crippen molar-refractivity contribution in [2.24, 2.45) is 10.9 Å². The van der Waals surface area contributed by atoms with Crippen molar-refractivity contribution in [3.8, 4) is 0 Å². The average Bonchev–Trinajstić information content (AvgIpc) is 3.23. The number of morpholine rings is 1. The average molecular weight is 422 g/mol. The van der Waals surface area contributed by atoms with Crippen LogP contribution in [0.15, 0.2) is 53.7 Å². The van der Waals surface area contributed by atoms with Gasteiger partial charge in [0.2, 0.25) is 0 Å². The molecule has 2 aliphatic rings. The minimum Gasteiger partial charge on any atom is -0.372 e. The van der Waals surface area contributed by atoms with Crippen molar-refractivity contribution in [2.75, 3.05) is 38.1 Å². The molecule has 2 aromatic rings. The smallest absolute Gasteiger partial charge is 0.193 e. The van der Waals surface area contributed by atoms with Crippen LogP contribution in [-0.4, -0.2) is 61.3 Å². The second kappa shape index (κ2) is 10.1. The van der Waals surface area contributed by atoms with Gasteiger partial charge >= 0.3 is 0 Å². The molecule has 0 bridgehead atoms. The summed E-state index contributed by atoms with van der Waals surface area (Å²) in [4.78, 5) is 13.9. The van der Waals surface area contributed by atoms with E-state index in [0.29, 0.717) is 5.92 Å². The van der Waals surface area contributed by atoms with Gasteiger partial charge in [0, 0.05) is 46.0 Å². The Kier molecular flexibility index (Phi) is 7.07. The molecule has 0 aliphatic carbocycles. The Labute approximate surface area is 186 Å². The molecule has 1 aromatic carbocycles. The lowest BCUT2D eigenvalue weighted by atomic mass is 9.99. The fourth-order valence-corrected chi connectivity index (χ4v) is 4.73. The Morgan fingerprint density at radius 3 is 2.52 bits per heavy atom. The van der Waals surface area contributed by atoms with Gasteiger partial charge in [-0.1, -0.05) is 36.4 Å². The van der Waals surface area contributed by atoms with E-state index in [9.17, 15) is 0 Å². The first-order valence-electron chi connectivity index (χ1n) is 11.5. The lowest BCUT2D eigenvalue weighted by molar-refractivity contribution is -0.00545. The number of anilines is 1. The maximum atomic E-state index is 5.83. The molecule has 3 unspecified atom stereocenters. The molecule has 4 rings (SSSR count). The highest BCUT2D eigenvalue weighted by atomic mass is 16.5. The van der Waals surface area contributed by atoms with Crippen molar-refractivity contribution in [2.45, 2.75) is 45.4 Å². The number of nitrogens with zero attached hydrogens (tertiary/aromatic N) is 4. The van der Waals surface area contributed by atoms with E-state index in [2.05, 4.69) is 76.4 Å². The first kappa shape index (κ1) is 21.6. The van der Waals surface area contributed by atoms with Crippen molar-refractivity contribution in [1.29, 1.82) is 0 Å². The van der Waals surface area contributed by atoms with Crippen LogP contribution in [0, 0.1) is 5.92 Å². The summed E-state index contributed by atoms with van der Waals surface area (Å²) in [5.41, 5.74) is 2.59. The van der Waals surface area contributed by atoms with Gasteiger partial charge in [0.1, 0.15) is 5.82 Å². The van der Waals surface area contributed by atoms with E-state index in [1.165, 1.54) is 17.5 Å². The predicted octanol–water partition coefficient (Wildman–Crippen LogP) is 3.34. The second-order valence-electron chi connectivity index (χ2n) is 8.88. The molecule has 1 aromatic heterocycles. The highest BCUT2D eigenvalue weighted by molar-refractivity contribution is 5.80. The third-order valence-corrected chi connectivity index (χ3v) is 6.17. The van der Waals surface area contributed by atoms with Gasteiger partial charge in [0.25, 0.3) is 0 Å². The third kappa shape index (κ3) is 5.76. The molecule has 2 aliphatic heterocycles. The van der Waals surface area contributed by atoms with E-state index in [1.54, 1.807) is 0 Å². The monoisotopic (exact) mass is 421 g/mol. The third-order valence-electron chi connectivity index (χ3n) is 6.17. The number of guanidine groups is 1. The maximum absolute atomic E-state index is 5.83. The molecule has 166 valence electrons. The van der Waals surface area contributed by atoms with Crippen LogP contribution < -0.4 is 10.2 Å². The summed E-state index contributed by atoms with van der Waals surface area (Å²) in [6.07, 6.45) is 4.80. The molecule has 3 atom stereocenters. The number of hydrogen-bond acceptors (Lipinski definition) is 4. The van der Waals surface area contributed by atoms with Crippen LogP contribution in [0.25, 0.3) is 0 Å². The fraction of sp³-hybridized carbons (Fsp3) is 0.520. The van der Waals surface area contributed by atoms with Gasteiger partial charge in [-0.15, -0.1) is 0 Å². The zero-order valence-corrected chi connectivity index (χ0v) is 19.0. The number of ether oxygens (including phenoxy) is 1. The van der Waals surface area contributed by atoms with Crippen LogP contribution in [0.3, 0.4) is 0 Å². The number of nitrogens with one attached hydrogen (secondary N) is 1. The number of aliphatic imine (C=N–C) groups is 1. The van der Waals surface area contributed by atoms with Gasteiger partial charge in [0.15, 0.2) is 5.96 Å². The summed E-state index contributed by atoms with van der Waals surface area (Å²) in [5.74, 6) is 2.69. The summed E-state index contributed by atoms with van der Waals surface area (Å²) in [5, 5.41) is 3.53. The molecule has 2 fully saturated rings. The van der Waals surface area contributed by atoms with E-state index in [4.69, 9.17) is 9.72 Å². The van der Waals surface area contributed by atoms with Gasteiger partial charge < -0.3 is 19.9 Å². The lowest BCUT2D eigenvalue weighted by Gasteiger charge is -2.36. The second-order valence-corrected chi connectivity index (χ2v) is 8.88.